The molecule has 0 bridgehead atoms. The standard InChI is InChI=1S/C10H22N4O2/c11-6-4-10(5-7-12,9(14)16)3-1-2-8(13)15/h1-7,11-12H2,(H2,13,15)(H2,14,16). The van der Waals surface area contributed by atoms with Crippen molar-refractivity contribution in [3.8, 4) is 0 Å². The molecule has 6 heteroatoms. The third-order valence-corrected chi connectivity index (χ3v) is 2.85. The maximum absolute atomic E-state index is 11.5. The Hall–Kier alpha value is -1.14. The van der Waals surface area contributed by atoms with E-state index in [-0.39, 0.29) is 12.3 Å². The third kappa shape index (κ3) is 4.59. The van der Waals surface area contributed by atoms with Gasteiger partial charge in [-0.15, -0.1) is 0 Å². The number of hydrogen-bond donors (Lipinski definition) is 4. The Bertz CT molecular complexity index is 237. The average molecular weight is 230 g/mol. The molecule has 94 valence electrons. The molecule has 0 unspecified atom stereocenters. The van der Waals surface area contributed by atoms with E-state index >= 15 is 0 Å². The van der Waals surface area contributed by atoms with Crippen molar-refractivity contribution in [2.45, 2.75) is 32.1 Å². The summed E-state index contributed by atoms with van der Waals surface area (Å²) in [5, 5.41) is 0. The van der Waals surface area contributed by atoms with E-state index in [4.69, 9.17) is 22.9 Å². The van der Waals surface area contributed by atoms with Crippen molar-refractivity contribution >= 4 is 11.8 Å². The second-order valence-corrected chi connectivity index (χ2v) is 4.04. The smallest absolute Gasteiger partial charge is 0.223 e. The Morgan fingerprint density at radius 2 is 1.44 bits per heavy atom. The zero-order valence-corrected chi connectivity index (χ0v) is 9.58. The molecule has 8 N–H and O–H groups in total. The van der Waals surface area contributed by atoms with Gasteiger partial charge < -0.3 is 22.9 Å². The van der Waals surface area contributed by atoms with Crippen LogP contribution in [0.2, 0.25) is 0 Å². The van der Waals surface area contributed by atoms with Gasteiger partial charge in [0, 0.05) is 6.42 Å². The molecule has 0 spiro atoms. The van der Waals surface area contributed by atoms with E-state index in [0.29, 0.717) is 38.8 Å². The van der Waals surface area contributed by atoms with E-state index in [9.17, 15) is 9.59 Å². The fraction of sp³-hybridized carbons (Fsp3) is 0.800. The fourth-order valence-corrected chi connectivity index (χ4v) is 1.90. The number of nitrogens with two attached hydrogens (primary N) is 4. The number of carbonyl (C=O) groups excluding carboxylic acids is 2. The van der Waals surface area contributed by atoms with E-state index in [2.05, 4.69) is 0 Å². The van der Waals surface area contributed by atoms with Gasteiger partial charge in [0.1, 0.15) is 0 Å². The number of rotatable bonds is 9. The van der Waals surface area contributed by atoms with Crippen molar-refractivity contribution in [3.05, 3.63) is 0 Å². The number of amides is 2. The van der Waals surface area contributed by atoms with Gasteiger partial charge in [-0.3, -0.25) is 9.59 Å². The summed E-state index contributed by atoms with van der Waals surface area (Å²) in [6.45, 7) is 0.749. The second-order valence-electron chi connectivity index (χ2n) is 4.04. The first kappa shape index (κ1) is 14.9. The predicted molar refractivity (Wildman–Crippen MR) is 62.0 cm³/mol. The van der Waals surface area contributed by atoms with Crippen molar-refractivity contribution < 1.29 is 9.59 Å². The minimum atomic E-state index is -0.682. The summed E-state index contributed by atoms with van der Waals surface area (Å²) < 4.78 is 0. The van der Waals surface area contributed by atoms with Gasteiger partial charge in [-0.05, 0) is 38.8 Å². The molecule has 0 radical (unpaired) electrons. The lowest BCUT2D eigenvalue weighted by atomic mass is 9.76. The molecule has 0 rings (SSSR count). The molecule has 2 amide bonds. The van der Waals surface area contributed by atoms with Crippen LogP contribution in [0, 0.1) is 5.41 Å². The first-order chi connectivity index (χ1) is 7.48. The van der Waals surface area contributed by atoms with Gasteiger partial charge in [-0.2, -0.15) is 0 Å². The van der Waals surface area contributed by atoms with Crippen molar-refractivity contribution in [2.24, 2.45) is 28.3 Å². The molecular formula is C10H22N4O2. The number of primary amides is 2. The Morgan fingerprint density at radius 1 is 0.938 bits per heavy atom. The van der Waals surface area contributed by atoms with Gasteiger partial charge in [0.15, 0.2) is 0 Å². The minimum Gasteiger partial charge on any atom is -0.370 e. The number of hydrogen-bond acceptors (Lipinski definition) is 4. The van der Waals surface area contributed by atoms with Crippen LogP contribution >= 0.6 is 0 Å². The SMILES string of the molecule is NCCC(CCN)(CCCC(N)=O)C(N)=O. The van der Waals surface area contributed by atoms with Crippen LogP contribution < -0.4 is 22.9 Å². The summed E-state index contributed by atoms with van der Waals surface area (Å²) in [7, 11) is 0. The molecule has 0 aliphatic rings. The van der Waals surface area contributed by atoms with Crippen LogP contribution in [-0.2, 0) is 9.59 Å². The lowest BCUT2D eigenvalue weighted by Crippen LogP contribution is -2.40. The van der Waals surface area contributed by atoms with Crippen molar-refractivity contribution in [3.63, 3.8) is 0 Å². The lowest BCUT2D eigenvalue weighted by molar-refractivity contribution is -0.129. The van der Waals surface area contributed by atoms with Crippen LogP contribution in [0.3, 0.4) is 0 Å². The highest BCUT2D eigenvalue weighted by atomic mass is 16.1. The topological polar surface area (TPSA) is 138 Å². The van der Waals surface area contributed by atoms with E-state index in [1.165, 1.54) is 0 Å². The van der Waals surface area contributed by atoms with E-state index in [1.54, 1.807) is 0 Å². The molecule has 0 aliphatic heterocycles. The van der Waals surface area contributed by atoms with Gasteiger partial charge in [0.2, 0.25) is 11.8 Å². The Kier molecular flexibility index (Phi) is 6.67. The molecule has 0 aliphatic carbocycles. The maximum Gasteiger partial charge on any atom is 0.223 e. The van der Waals surface area contributed by atoms with E-state index < -0.39 is 11.3 Å². The Balaban J connectivity index is 4.48. The minimum absolute atomic E-state index is 0.254. The molecule has 6 nitrogen and oxygen atoms in total. The monoisotopic (exact) mass is 230 g/mol. The molecule has 0 aromatic heterocycles. The first-order valence-electron chi connectivity index (χ1n) is 5.47. The van der Waals surface area contributed by atoms with Gasteiger partial charge in [-0.1, -0.05) is 0 Å². The highest BCUT2D eigenvalue weighted by molar-refractivity contribution is 5.81. The lowest BCUT2D eigenvalue weighted by Gasteiger charge is -2.29. The molecule has 0 saturated carbocycles. The molecule has 0 aromatic carbocycles. The predicted octanol–water partition coefficient (Wildman–Crippen LogP) is -1.19. The van der Waals surface area contributed by atoms with Gasteiger partial charge in [0.05, 0.1) is 5.41 Å². The van der Waals surface area contributed by atoms with Crippen LogP contribution in [0.15, 0.2) is 0 Å². The van der Waals surface area contributed by atoms with Gasteiger partial charge in [0.25, 0.3) is 0 Å². The highest BCUT2D eigenvalue weighted by Gasteiger charge is 2.34. The molecule has 0 fully saturated rings. The summed E-state index contributed by atoms with van der Waals surface area (Å²) in [5.74, 6) is -0.772. The molecule has 0 atom stereocenters. The highest BCUT2D eigenvalue weighted by Crippen LogP contribution is 2.31. The Labute approximate surface area is 95.7 Å². The molecule has 0 saturated heterocycles. The van der Waals surface area contributed by atoms with Gasteiger partial charge >= 0.3 is 0 Å². The normalized spacial score (nSPS) is 11.4. The van der Waals surface area contributed by atoms with E-state index in [1.807, 2.05) is 0 Å². The van der Waals surface area contributed by atoms with E-state index in [0.717, 1.165) is 0 Å². The average Bonchev–Trinajstić information content (AvgIpc) is 2.17. The molecule has 16 heavy (non-hydrogen) atoms. The van der Waals surface area contributed by atoms with Crippen LogP contribution in [0.4, 0.5) is 0 Å². The third-order valence-electron chi connectivity index (χ3n) is 2.85. The van der Waals surface area contributed by atoms with Crippen LogP contribution in [0.5, 0.6) is 0 Å². The molecule has 0 heterocycles. The van der Waals surface area contributed by atoms with Crippen LogP contribution in [0.1, 0.15) is 32.1 Å². The summed E-state index contributed by atoms with van der Waals surface area (Å²) in [5.41, 5.74) is 20.7. The zero-order chi connectivity index (χ0) is 12.6. The largest absolute Gasteiger partial charge is 0.370 e. The number of carbonyl (C=O) groups is 2. The first-order valence-corrected chi connectivity index (χ1v) is 5.47. The summed E-state index contributed by atoms with van der Waals surface area (Å²) in [4.78, 5) is 22.1. The quantitative estimate of drug-likeness (QED) is 0.395. The van der Waals surface area contributed by atoms with Crippen LogP contribution in [-0.4, -0.2) is 24.9 Å². The second kappa shape index (κ2) is 7.19. The summed E-state index contributed by atoms with van der Waals surface area (Å²) in [6.07, 6.45) is 2.30. The Morgan fingerprint density at radius 3 is 1.75 bits per heavy atom. The van der Waals surface area contributed by atoms with Crippen molar-refractivity contribution in [1.29, 1.82) is 0 Å². The fourth-order valence-electron chi connectivity index (χ4n) is 1.90. The zero-order valence-electron chi connectivity index (χ0n) is 9.58. The summed E-state index contributed by atoms with van der Waals surface area (Å²) in [6, 6.07) is 0. The van der Waals surface area contributed by atoms with Crippen molar-refractivity contribution in [2.75, 3.05) is 13.1 Å². The molecule has 0 aromatic rings. The summed E-state index contributed by atoms with van der Waals surface area (Å²) >= 11 is 0. The molecular weight excluding hydrogens is 208 g/mol. The van der Waals surface area contributed by atoms with Crippen molar-refractivity contribution in [1.82, 2.24) is 0 Å². The van der Waals surface area contributed by atoms with Gasteiger partial charge in [-0.25, -0.2) is 0 Å². The van der Waals surface area contributed by atoms with Crippen LogP contribution in [0.25, 0.3) is 0 Å². The maximum atomic E-state index is 11.5.